The second-order valence-electron chi connectivity index (χ2n) is 5.55. The van der Waals surface area contributed by atoms with Crippen LogP contribution in [0.3, 0.4) is 0 Å². The number of hydrogen-bond acceptors (Lipinski definition) is 3. The first kappa shape index (κ1) is 15.3. The van der Waals surface area contributed by atoms with Crippen LogP contribution in [0, 0.1) is 0 Å². The van der Waals surface area contributed by atoms with Gasteiger partial charge in [-0.15, -0.1) is 11.8 Å². The Morgan fingerprint density at radius 1 is 1.35 bits per heavy atom. The summed E-state index contributed by atoms with van der Waals surface area (Å²) in [6, 6.07) is 7.78. The Morgan fingerprint density at radius 3 is 2.80 bits per heavy atom. The molecule has 0 amide bonds. The van der Waals surface area contributed by atoms with Crippen LogP contribution in [-0.2, 0) is 9.53 Å². The second kappa shape index (κ2) is 6.10. The SMILES string of the molecule is CC(C)(C)OC(=O)CCSc1cc2cc(Cl)ccc2[nH]1. The number of halogens is 1. The highest BCUT2D eigenvalue weighted by molar-refractivity contribution is 7.99. The normalized spacial score (nSPS) is 11.8. The fourth-order valence-corrected chi connectivity index (χ4v) is 2.85. The van der Waals surface area contributed by atoms with E-state index >= 15 is 0 Å². The van der Waals surface area contributed by atoms with Crippen LogP contribution in [0.15, 0.2) is 29.3 Å². The van der Waals surface area contributed by atoms with Crippen LogP contribution in [-0.4, -0.2) is 22.3 Å². The summed E-state index contributed by atoms with van der Waals surface area (Å²) < 4.78 is 5.27. The van der Waals surface area contributed by atoms with Crippen molar-refractivity contribution >= 4 is 40.2 Å². The second-order valence-corrected chi connectivity index (χ2v) is 7.12. The number of rotatable bonds is 4. The predicted molar refractivity (Wildman–Crippen MR) is 84.5 cm³/mol. The summed E-state index contributed by atoms with van der Waals surface area (Å²) in [6.07, 6.45) is 0.401. The lowest BCUT2D eigenvalue weighted by Crippen LogP contribution is -2.23. The van der Waals surface area contributed by atoms with Gasteiger partial charge in [0.05, 0.1) is 11.4 Å². The van der Waals surface area contributed by atoms with Gasteiger partial charge in [-0.2, -0.15) is 0 Å². The molecule has 20 heavy (non-hydrogen) atoms. The maximum absolute atomic E-state index is 11.6. The zero-order chi connectivity index (χ0) is 14.8. The quantitative estimate of drug-likeness (QED) is 0.660. The third-order valence-electron chi connectivity index (χ3n) is 2.54. The lowest BCUT2D eigenvalue weighted by Gasteiger charge is -2.19. The molecule has 1 aromatic carbocycles. The van der Waals surface area contributed by atoms with Crippen molar-refractivity contribution in [1.82, 2.24) is 4.98 Å². The van der Waals surface area contributed by atoms with Gasteiger partial charge in [-0.3, -0.25) is 4.79 Å². The van der Waals surface area contributed by atoms with E-state index in [1.165, 1.54) is 0 Å². The fraction of sp³-hybridized carbons (Fsp3) is 0.400. The number of ether oxygens (including phenoxy) is 1. The predicted octanol–water partition coefficient (Wildman–Crippen LogP) is 4.65. The first-order valence-corrected chi connectivity index (χ1v) is 7.83. The molecule has 1 heterocycles. The van der Waals surface area contributed by atoms with Crippen molar-refractivity contribution < 1.29 is 9.53 Å². The Kier molecular flexibility index (Phi) is 4.66. The summed E-state index contributed by atoms with van der Waals surface area (Å²) in [7, 11) is 0. The van der Waals surface area contributed by atoms with Gasteiger partial charge in [0.15, 0.2) is 0 Å². The highest BCUT2D eigenvalue weighted by Crippen LogP contribution is 2.26. The van der Waals surface area contributed by atoms with E-state index in [2.05, 4.69) is 4.98 Å². The van der Waals surface area contributed by atoms with Gasteiger partial charge in [-0.1, -0.05) is 11.6 Å². The Morgan fingerprint density at radius 2 is 2.10 bits per heavy atom. The van der Waals surface area contributed by atoms with Gasteiger partial charge in [-0.25, -0.2) is 0 Å². The maximum atomic E-state index is 11.6. The Bertz CT molecular complexity index is 616. The van der Waals surface area contributed by atoms with Crippen molar-refractivity contribution in [3.8, 4) is 0 Å². The molecule has 0 radical (unpaired) electrons. The van der Waals surface area contributed by atoms with Crippen LogP contribution in [0.4, 0.5) is 0 Å². The van der Waals surface area contributed by atoms with E-state index < -0.39 is 5.60 Å². The third kappa shape index (κ3) is 4.46. The number of thioether (sulfide) groups is 1. The summed E-state index contributed by atoms with van der Waals surface area (Å²) in [6.45, 7) is 5.62. The molecule has 1 N–H and O–H groups in total. The molecule has 5 heteroatoms. The van der Waals surface area contributed by atoms with E-state index in [9.17, 15) is 4.79 Å². The zero-order valence-corrected chi connectivity index (χ0v) is 13.4. The lowest BCUT2D eigenvalue weighted by atomic mass is 10.2. The monoisotopic (exact) mass is 311 g/mol. The molecular formula is C15H18ClNO2S. The Hall–Kier alpha value is -1.13. The Labute approximate surface area is 128 Å². The molecule has 0 atom stereocenters. The molecule has 0 aliphatic rings. The Balaban J connectivity index is 1.88. The number of hydrogen-bond donors (Lipinski definition) is 1. The average Bonchev–Trinajstić information content (AvgIpc) is 2.68. The number of benzene rings is 1. The number of carbonyl (C=O) groups excluding carboxylic acids is 1. The van der Waals surface area contributed by atoms with Gasteiger partial charge >= 0.3 is 5.97 Å². The third-order valence-corrected chi connectivity index (χ3v) is 3.72. The minimum atomic E-state index is -0.417. The zero-order valence-electron chi connectivity index (χ0n) is 11.8. The van der Waals surface area contributed by atoms with Crippen molar-refractivity contribution in [2.45, 2.75) is 37.8 Å². The molecule has 2 aromatic rings. The molecular weight excluding hydrogens is 294 g/mol. The van der Waals surface area contributed by atoms with Gasteiger partial charge in [-0.05, 0) is 45.0 Å². The van der Waals surface area contributed by atoms with E-state index in [0.29, 0.717) is 12.2 Å². The van der Waals surface area contributed by atoms with Gasteiger partial charge in [0.25, 0.3) is 0 Å². The molecule has 0 bridgehead atoms. The minimum Gasteiger partial charge on any atom is -0.460 e. The number of aromatic nitrogens is 1. The van der Waals surface area contributed by atoms with Crippen LogP contribution in [0.5, 0.6) is 0 Å². The first-order valence-electron chi connectivity index (χ1n) is 6.46. The molecule has 2 rings (SSSR count). The topological polar surface area (TPSA) is 42.1 Å². The first-order chi connectivity index (χ1) is 9.33. The number of H-pyrrole nitrogens is 1. The molecule has 0 fully saturated rings. The van der Waals surface area contributed by atoms with Crippen molar-refractivity contribution in [2.75, 3.05) is 5.75 Å². The molecule has 0 aliphatic heterocycles. The van der Waals surface area contributed by atoms with Crippen LogP contribution in [0.1, 0.15) is 27.2 Å². The summed E-state index contributed by atoms with van der Waals surface area (Å²) in [5.74, 6) is 0.527. The number of esters is 1. The number of aromatic amines is 1. The van der Waals surface area contributed by atoms with E-state index in [0.717, 1.165) is 21.0 Å². The summed E-state index contributed by atoms with van der Waals surface area (Å²) in [4.78, 5) is 14.9. The minimum absolute atomic E-state index is 0.163. The molecule has 0 saturated heterocycles. The maximum Gasteiger partial charge on any atom is 0.307 e. The van der Waals surface area contributed by atoms with Gasteiger partial charge in [0, 0.05) is 21.7 Å². The molecule has 108 valence electrons. The van der Waals surface area contributed by atoms with Crippen molar-refractivity contribution in [2.24, 2.45) is 0 Å². The van der Waals surface area contributed by atoms with Gasteiger partial charge < -0.3 is 9.72 Å². The van der Waals surface area contributed by atoms with Crippen molar-refractivity contribution in [3.05, 3.63) is 29.3 Å². The number of carbonyl (C=O) groups is 1. The van der Waals surface area contributed by atoms with Crippen LogP contribution in [0.25, 0.3) is 10.9 Å². The van der Waals surface area contributed by atoms with Crippen molar-refractivity contribution in [1.29, 1.82) is 0 Å². The highest BCUT2D eigenvalue weighted by atomic mass is 35.5. The van der Waals surface area contributed by atoms with E-state index in [1.54, 1.807) is 11.8 Å². The average molecular weight is 312 g/mol. The fourth-order valence-electron chi connectivity index (χ4n) is 1.79. The lowest BCUT2D eigenvalue weighted by molar-refractivity contribution is -0.154. The van der Waals surface area contributed by atoms with Gasteiger partial charge in [0.1, 0.15) is 5.60 Å². The summed E-state index contributed by atoms with van der Waals surface area (Å²) >= 11 is 7.56. The summed E-state index contributed by atoms with van der Waals surface area (Å²) in [5, 5.41) is 2.84. The van der Waals surface area contributed by atoms with Crippen molar-refractivity contribution in [3.63, 3.8) is 0 Å². The standard InChI is InChI=1S/C15H18ClNO2S/c1-15(2,3)19-14(18)6-7-20-13-9-10-8-11(16)4-5-12(10)17-13/h4-5,8-9,17H,6-7H2,1-3H3. The number of fused-ring (bicyclic) bond motifs is 1. The molecule has 0 unspecified atom stereocenters. The summed E-state index contributed by atoms with van der Waals surface area (Å²) in [5.41, 5.74) is 0.633. The van der Waals surface area contributed by atoms with Crippen LogP contribution >= 0.6 is 23.4 Å². The van der Waals surface area contributed by atoms with Gasteiger partial charge in [0.2, 0.25) is 0 Å². The van der Waals surface area contributed by atoms with E-state index in [4.69, 9.17) is 16.3 Å². The molecule has 1 aromatic heterocycles. The van der Waals surface area contributed by atoms with Crippen LogP contribution < -0.4 is 0 Å². The molecule has 3 nitrogen and oxygen atoms in total. The molecule has 0 aliphatic carbocycles. The molecule has 0 saturated carbocycles. The van der Waals surface area contributed by atoms with E-state index in [1.807, 2.05) is 45.0 Å². The molecule has 0 spiro atoms. The van der Waals surface area contributed by atoms with E-state index in [-0.39, 0.29) is 5.97 Å². The number of nitrogens with one attached hydrogen (secondary N) is 1. The van der Waals surface area contributed by atoms with Crippen LogP contribution in [0.2, 0.25) is 5.02 Å². The smallest absolute Gasteiger partial charge is 0.307 e. The largest absolute Gasteiger partial charge is 0.460 e. The highest BCUT2D eigenvalue weighted by Gasteiger charge is 2.15.